The molecule has 0 aliphatic rings. The Kier molecular flexibility index (Phi) is 13.9. The number of ether oxygens (including phenoxy) is 1. The van der Waals surface area contributed by atoms with Gasteiger partial charge in [-0.2, -0.15) is 0 Å². The zero-order valence-electron chi connectivity index (χ0n) is 18.9. The van der Waals surface area contributed by atoms with E-state index in [1.165, 1.54) is 32.1 Å². The molecule has 4 heteroatoms. The fraction of sp³-hybridized carbons (Fsp3) is 0.680. The van der Waals surface area contributed by atoms with Gasteiger partial charge < -0.3 is 9.64 Å². The number of hydrogen-bond acceptors (Lipinski definition) is 3. The van der Waals surface area contributed by atoms with Crippen molar-refractivity contribution in [1.82, 2.24) is 4.90 Å². The molecule has 0 aliphatic heterocycles. The molecule has 164 valence electrons. The molecule has 0 saturated heterocycles. The average molecular weight is 404 g/mol. The van der Waals surface area contributed by atoms with E-state index in [0.29, 0.717) is 17.7 Å². The van der Waals surface area contributed by atoms with Crippen molar-refractivity contribution in [3.8, 4) is 0 Å². The zero-order valence-corrected chi connectivity index (χ0v) is 18.9. The topological polar surface area (TPSA) is 46.6 Å². The molecule has 1 aromatic carbocycles. The minimum absolute atomic E-state index is 0.0598. The molecule has 0 saturated carbocycles. The molecular weight excluding hydrogens is 362 g/mol. The van der Waals surface area contributed by atoms with Crippen LogP contribution in [0.2, 0.25) is 0 Å². The van der Waals surface area contributed by atoms with Gasteiger partial charge in [-0.05, 0) is 31.4 Å². The van der Waals surface area contributed by atoms with Crippen LogP contribution in [0.25, 0.3) is 0 Å². The van der Waals surface area contributed by atoms with Crippen LogP contribution < -0.4 is 0 Å². The van der Waals surface area contributed by atoms with Crippen molar-refractivity contribution in [2.75, 3.05) is 19.7 Å². The average Bonchev–Trinajstić information content (AvgIpc) is 2.75. The van der Waals surface area contributed by atoms with Crippen LogP contribution >= 0.6 is 0 Å². The van der Waals surface area contributed by atoms with Crippen LogP contribution in [0.5, 0.6) is 0 Å². The van der Waals surface area contributed by atoms with Crippen molar-refractivity contribution in [3.05, 3.63) is 35.4 Å². The van der Waals surface area contributed by atoms with Gasteiger partial charge >= 0.3 is 5.97 Å². The Morgan fingerprint density at radius 1 is 0.724 bits per heavy atom. The molecule has 29 heavy (non-hydrogen) atoms. The maximum Gasteiger partial charge on any atom is 0.338 e. The van der Waals surface area contributed by atoms with Gasteiger partial charge in [-0.25, -0.2) is 4.79 Å². The van der Waals surface area contributed by atoms with E-state index in [1.807, 2.05) is 11.0 Å². The summed E-state index contributed by atoms with van der Waals surface area (Å²) in [6, 6.07) is 7.07. The van der Waals surface area contributed by atoms with Gasteiger partial charge in [0.2, 0.25) is 0 Å². The summed E-state index contributed by atoms with van der Waals surface area (Å²) in [4.78, 5) is 27.6. The number of unbranched alkanes of at least 4 members (excludes halogenated alkanes) is 8. The van der Waals surface area contributed by atoms with Crippen molar-refractivity contribution in [2.45, 2.75) is 91.4 Å². The summed E-state index contributed by atoms with van der Waals surface area (Å²) < 4.78 is 5.48. The quantitative estimate of drug-likeness (QED) is 0.230. The smallest absolute Gasteiger partial charge is 0.338 e. The Morgan fingerprint density at radius 2 is 1.24 bits per heavy atom. The van der Waals surface area contributed by atoms with Gasteiger partial charge in [0.25, 0.3) is 5.91 Å². The van der Waals surface area contributed by atoms with E-state index in [1.54, 1.807) is 18.2 Å². The number of rotatable bonds is 16. The number of carbonyl (C=O) groups is 2. The third-order valence-corrected chi connectivity index (χ3v) is 5.21. The van der Waals surface area contributed by atoms with Gasteiger partial charge in [0, 0.05) is 13.1 Å². The molecule has 0 heterocycles. The number of carbonyl (C=O) groups excluding carboxylic acids is 2. The Morgan fingerprint density at radius 3 is 1.83 bits per heavy atom. The predicted molar refractivity (Wildman–Crippen MR) is 120 cm³/mol. The number of hydrogen-bond donors (Lipinski definition) is 0. The van der Waals surface area contributed by atoms with E-state index in [0.717, 1.165) is 51.6 Å². The van der Waals surface area contributed by atoms with E-state index < -0.39 is 0 Å². The fourth-order valence-corrected chi connectivity index (χ4v) is 3.33. The molecule has 0 radical (unpaired) electrons. The van der Waals surface area contributed by atoms with Gasteiger partial charge in [0.05, 0.1) is 17.7 Å². The molecule has 4 nitrogen and oxygen atoms in total. The van der Waals surface area contributed by atoms with Crippen LogP contribution in [0.1, 0.15) is 112 Å². The molecule has 0 bridgehead atoms. The lowest BCUT2D eigenvalue weighted by Gasteiger charge is -2.23. The second-order valence-electron chi connectivity index (χ2n) is 7.80. The van der Waals surface area contributed by atoms with Crippen LogP contribution in [0.4, 0.5) is 0 Å². The van der Waals surface area contributed by atoms with Gasteiger partial charge in [0.1, 0.15) is 0 Å². The van der Waals surface area contributed by atoms with Gasteiger partial charge in [0.15, 0.2) is 0 Å². The highest BCUT2D eigenvalue weighted by molar-refractivity contribution is 6.05. The summed E-state index contributed by atoms with van der Waals surface area (Å²) in [6.45, 7) is 8.35. The first kappa shape index (κ1) is 25.2. The Hall–Kier alpha value is -1.84. The largest absolute Gasteiger partial charge is 0.462 e. The second-order valence-corrected chi connectivity index (χ2v) is 7.80. The lowest BCUT2D eigenvalue weighted by molar-refractivity contribution is 0.0490. The van der Waals surface area contributed by atoms with Gasteiger partial charge in [-0.3, -0.25) is 4.79 Å². The highest BCUT2D eigenvalue weighted by Gasteiger charge is 2.22. The first-order chi connectivity index (χ1) is 14.2. The van der Waals surface area contributed by atoms with Crippen molar-refractivity contribution >= 4 is 11.9 Å². The van der Waals surface area contributed by atoms with Crippen molar-refractivity contribution < 1.29 is 14.3 Å². The summed E-state index contributed by atoms with van der Waals surface area (Å²) in [6.07, 6.45) is 12.3. The monoisotopic (exact) mass is 403 g/mol. The van der Waals surface area contributed by atoms with E-state index in [9.17, 15) is 9.59 Å². The van der Waals surface area contributed by atoms with Crippen molar-refractivity contribution in [3.63, 3.8) is 0 Å². The lowest BCUT2D eigenvalue weighted by Crippen LogP contribution is -2.34. The molecule has 1 amide bonds. The first-order valence-corrected chi connectivity index (χ1v) is 11.7. The van der Waals surface area contributed by atoms with Crippen LogP contribution in [-0.2, 0) is 4.74 Å². The van der Waals surface area contributed by atoms with Crippen LogP contribution in [0, 0.1) is 0 Å². The van der Waals surface area contributed by atoms with Crippen LogP contribution in [0.15, 0.2) is 24.3 Å². The Labute approximate surface area is 178 Å². The molecule has 1 rings (SSSR count). The second kappa shape index (κ2) is 16.0. The summed E-state index contributed by atoms with van der Waals surface area (Å²) in [7, 11) is 0. The van der Waals surface area contributed by atoms with Crippen molar-refractivity contribution in [2.24, 2.45) is 0 Å². The van der Waals surface area contributed by atoms with Crippen LogP contribution in [-0.4, -0.2) is 36.5 Å². The molecule has 0 unspecified atom stereocenters. The summed E-state index contributed by atoms with van der Waals surface area (Å²) in [5.74, 6) is -0.443. The van der Waals surface area contributed by atoms with Gasteiger partial charge in [-0.15, -0.1) is 0 Å². The Bertz CT molecular complexity index is 577. The fourth-order valence-electron chi connectivity index (χ4n) is 3.33. The molecule has 0 spiro atoms. The van der Waals surface area contributed by atoms with E-state index in [2.05, 4.69) is 20.8 Å². The summed E-state index contributed by atoms with van der Waals surface area (Å²) in [5.41, 5.74) is 0.850. The molecule has 0 aromatic heterocycles. The van der Waals surface area contributed by atoms with E-state index in [4.69, 9.17) is 4.74 Å². The van der Waals surface area contributed by atoms with E-state index in [-0.39, 0.29) is 11.9 Å². The molecule has 0 aliphatic carbocycles. The van der Waals surface area contributed by atoms with Crippen LogP contribution in [0.3, 0.4) is 0 Å². The number of esters is 1. The zero-order chi connectivity index (χ0) is 21.3. The third-order valence-electron chi connectivity index (χ3n) is 5.21. The summed E-state index contributed by atoms with van der Waals surface area (Å²) >= 11 is 0. The first-order valence-electron chi connectivity index (χ1n) is 11.7. The normalized spacial score (nSPS) is 10.7. The SMILES string of the molecule is CCCCCCCCCOC(=O)c1ccccc1C(=O)N(CCCC)CCCC. The number of nitrogens with zero attached hydrogens (tertiary/aromatic N) is 1. The minimum atomic E-state index is -0.383. The molecule has 0 atom stereocenters. The third kappa shape index (κ3) is 9.96. The van der Waals surface area contributed by atoms with Crippen molar-refractivity contribution in [1.29, 1.82) is 0 Å². The number of benzene rings is 1. The maximum atomic E-state index is 13.1. The highest BCUT2D eigenvalue weighted by atomic mass is 16.5. The predicted octanol–water partition coefficient (Wildman–Crippen LogP) is 6.64. The number of amides is 1. The minimum Gasteiger partial charge on any atom is -0.462 e. The maximum absolute atomic E-state index is 13.1. The Balaban J connectivity index is 2.61. The molecule has 0 fully saturated rings. The molecular formula is C25H41NO3. The molecule has 1 aromatic rings. The van der Waals surface area contributed by atoms with Gasteiger partial charge in [-0.1, -0.05) is 84.3 Å². The standard InChI is InChI=1S/C25H41NO3/c1-4-7-10-11-12-13-16-21-29-25(28)23-18-15-14-17-22(23)24(27)26(19-8-5-2)20-9-6-3/h14-15,17-18H,4-13,16,19-21H2,1-3H3. The molecule has 0 N–H and O–H groups in total. The lowest BCUT2D eigenvalue weighted by atomic mass is 10.1. The summed E-state index contributed by atoms with van der Waals surface area (Å²) in [5, 5.41) is 0. The highest BCUT2D eigenvalue weighted by Crippen LogP contribution is 2.15. The van der Waals surface area contributed by atoms with E-state index >= 15 is 0 Å².